The molecule has 1 fully saturated rings. The molecule has 2 atom stereocenters. The van der Waals surface area contributed by atoms with E-state index in [0.29, 0.717) is 23.9 Å². The lowest BCUT2D eigenvalue weighted by Gasteiger charge is -2.17. The van der Waals surface area contributed by atoms with Crippen molar-refractivity contribution in [2.45, 2.75) is 12.5 Å². The minimum atomic E-state index is -0.644. The van der Waals surface area contributed by atoms with E-state index in [2.05, 4.69) is 15.0 Å². The molecule has 0 saturated carbocycles. The summed E-state index contributed by atoms with van der Waals surface area (Å²) >= 11 is 0. The van der Waals surface area contributed by atoms with Crippen molar-refractivity contribution in [3.8, 4) is 0 Å². The number of pyridine rings is 1. The molecule has 2 N–H and O–H groups in total. The number of hydrogen-bond donors (Lipinski definition) is 2. The first kappa shape index (κ1) is 18.4. The summed E-state index contributed by atoms with van der Waals surface area (Å²) in [4.78, 5) is 37.6. The van der Waals surface area contributed by atoms with Crippen LogP contribution in [0.4, 0.5) is 0 Å². The molecule has 1 saturated heterocycles. The fourth-order valence-corrected chi connectivity index (χ4v) is 4.25. The van der Waals surface area contributed by atoms with E-state index in [1.54, 1.807) is 35.4 Å². The van der Waals surface area contributed by atoms with E-state index in [9.17, 15) is 14.7 Å². The number of aromatic nitrogens is 3. The Kier molecular flexibility index (Phi) is 4.52. The Hall–Kier alpha value is -3.58. The van der Waals surface area contributed by atoms with Gasteiger partial charge in [-0.2, -0.15) is 4.98 Å². The highest BCUT2D eigenvalue weighted by Crippen LogP contribution is 2.27. The van der Waals surface area contributed by atoms with Crippen LogP contribution in [0.1, 0.15) is 16.1 Å². The number of hydrogen-bond acceptors (Lipinski definition) is 5. The number of aliphatic hydroxyl groups is 1. The normalized spacial score (nSPS) is 18.9. The molecule has 0 unspecified atom stereocenters. The Morgan fingerprint density at radius 2 is 1.83 bits per heavy atom. The topological polar surface area (TPSA) is 99.2 Å². The maximum Gasteiger partial charge on any atom is 0.346 e. The number of H-pyrrole nitrogens is 1. The quantitative estimate of drug-likeness (QED) is 0.549. The van der Waals surface area contributed by atoms with Crippen molar-refractivity contribution < 1.29 is 9.90 Å². The molecule has 150 valence electrons. The maximum absolute atomic E-state index is 13.2. The predicted molar refractivity (Wildman–Crippen MR) is 113 cm³/mol. The van der Waals surface area contributed by atoms with Crippen LogP contribution in [0.15, 0.2) is 65.6 Å². The lowest BCUT2D eigenvalue weighted by atomic mass is 9.94. The standard InChI is InChI=1S/C23H20N4O3/c28-20-13-27(22(29)21-17-6-2-4-8-19(17)25-23(30)26-21)12-15(20)11-14-9-10-24-18-7-3-1-5-16(14)18/h1-10,15,20,28H,11-13H2,(H,25,26,30)/t15-,20-/m1/s1. The summed E-state index contributed by atoms with van der Waals surface area (Å²) in [6.45, 7) is 0.620. The molecule has 0 aliphatic carbocycles. The summed E-state index contributed by atoms with van der Waals surface area (Å²) < 4.78 is 0. The minimum Gasteiger partial charge on any atom is -0.391 e. The molecule has 2 aromatic heterocycles. The number of likely N-dealkylation sites (tertiary alicyclic amines) is 1. The number of fused-ring (bicyclic) bond motifs is 2. The van der Waals surface area contributed by atoms with Gasteiger partial charge in [0.1, 0.15) is 5.69 Å². The molecular formula is C23H20N4O3. The average molecular weight is 400 g/mol. The Morgan fingerprint density at radius 1 is 1.07 bits per heavy atom. The van der Waals surface area contributed by atoms with Gasteiger partial charge in [-0.3, -0.25) is 9.78 Å². The zero-order chi connectivity index (χ0) is 20.7. The third-order valence-corrected chi connectivity index (χ3v) is 5.75. The van der Waals surface area contributed by atoms with Crippen LogP contribution in [0, 0.1) is 5.92 Å². The molecule has 4 aromatic rings. The van der Waals surface area contributed by atoms with Crippen molar-refractivity contribution in [3.63, 3.8) is 0 Å². The summed E-state index contributed by atoms with van der Waals surface area (Å²) in [5, 5.41) is 12.3. The molecule has 3 heterocycles. The number of benzene rings is 2. The molecule has 7 nitrogen and oxygen atoms in total. The van der Waals surface area contributed by atoms with Crippen LogP contribution in [0.5, 0.6) is 0 Å². The lowest BCUT2D eigenvalue weighted by Crippen LogP contribution is -2.32. The second-order valence-electron chi connectivity index (χ2n) is 7.67. The fourth-order valence-electron chi connectivity index (χ4n) is 4.25. The summed E-state index contributed by atoms with van der Waals surface area (Å²) in [5.74, 6) is -0.438. The molecule has 0 bridgehead atoms. The van der Waals surface area contributed by atoms with Gasteiger partial charge >= 0.3 is 5.69 Å². The lowest BCUT2D eigenvalue weighted by molar-refractivity contribution is 0.0760. The molecule has 2 aromatic carbocycles. The molecule has 1 aliphatic heterocycles. The Balaban J connectivity index is 1.42. The van der Waals surface area contributed by atoms with Crippen LogP contribution in [0.25, 0.3) is 21.8 Å². The van der Waals surface area contributed by atoms with Gasteiger partial charge in [0.15, 0.2) is 0 Å². The van der Waals surface area contributed by atoms with Crippen molar-refractivity contribution in [3.05, 3.63) is 82.5 Å². The van der Waals surface area contributed by atoms with Gasteiger partial charge in [0.05, 0.1) is 17.1 Å². The van der Waals surface area contributed by atoms with Crippen LogP contribution in [-0.4, -0.2) is 50.1 Å². The number of β-amino-alcohol motifs (C(OH)–C–C–N with tert-alkyl or cyclic N) is 1. The van der Waals surface area contributed by atoms with Crippen LogP contribution in [-0.2, 0) is 6.42 Å². The Labute approximate surface area is 172 Å². The largest absolute Gasteiger partial charge is 0.391 e. The number of carbonyl (C=O) groups is 1. The molecule has 7 heteroatoms. The van der Waals surface area contributed by atoms with E-state index in [0.717, 1.165) is 16.5 Å². The van der Waals surface area contributed by atoms with E-state index >= 15 is 0 Å². The van der Waals surface area contributed by atoms with Crippen LogP contribution in [0.2, 0.25) is 0 Å². The van der Waals surface area contributed by atoms with Crippen molar-refractivity contribution in [2.24, 2.45) is 5.92 Å². The molecular weight excluding hydrogens is 380 g/mol. The zero-order valence-corrected chi connectivity index (χ0v) is 16.2. The minimum absolute atomic E-state index is 0.104. The summed E-state index contributed by atoms with van der Waals surface area (Å²) in [6, 6.07) is 17.0. The number of nitrogens with zero attached hydrogens (tertiary/aromatic N) is 3. The number of amides is 1. The molecule has 0 spiro atoms. The first-order valence-corrected chi connectivity index (χ1v) is 9.89. The van der Waals surface area contributed by atoms with E-state index in [1.165, 1.54) is 0 Å². The van der Waals surface area contributed by atoms with Gasteiger partial charge in [-0.05, 0) is 30.2 Å². The first-order chi connectivity index (χ1) is 14.6. The predicted octanol–water partition coefficient (Wildman–Crippen LogP) is 2.15. The Morgan fingerprint density at radius 3 is 2.70 bits per heavy atom. The van der Waals surface area contributed by atoms with Crippen molar-refractivity contribution in [1.29, 1.82) is 0 Å². The van der Waals surface area contributed by atoms with Gasteiger partial charge in [0.2, 0.25) is 0 Å². The number of para-hydroxylation sites is 2. The monoisotopic (exact) mass is 400 g/mol. The number of aromatic amines is 1. The third kappa shape index (κ3) is 3.23. The third-order valence-electron chi connectivity index (χ3n) is 5.75. The van der Waals surface area contributed by atoms with Crippen LogP contribution >= 0.6 is 0 Å². The van der Waals surface area contributed by atoms with Crippen molar-refractivity contribution >= 4 is 27.7 Å². The van der Waals surface area contributed by atoms with Crippen LogP contribution in [0.3, 0.4) is 0 Å². The highest BCUT2D eigenvalue weighted by molar-refractivity contribution is 6.04. The van der Waals surface area contributed by atoms with Crippen molar-refractivity contribution in [2.75, 3.05) is 13.1 Å². The van der Waals surface area contributed by atoms with Gasteiger partial charge in [0.25, 0.3) is 5.91 Å². The molecule has 1 aliphatic rings. The zero-order valence-electron chi connectivity index (χ0n) is 16.2. The summed E-state index contributed by atoms with van der Waals surface area (Å²) in [6.07, 6.45) is 1.76. The first-order valence-electron chi connectivity index (χ1n) is 9.89. The van der Waals surface area contributed by atoms with Gasteiger partial charge < -0.3 is 15.0 Å². The SMILES string of the molecule is O=C(c1nc(=O)[nH]c2ccccc12)N1C[C@@H](Cc2ccnc3ccccc23)[C@H](O)C1. The number of aliphatic hydroxyl groups excluding tert-OH is 1. The number of carbonyl (C=O) groups excluding carboxylic acids is 1. The molecule has 1 amide bonds. The van der Waals surface area contributed by atoms with Gasteiger partial charge in [-0.1, -0.05) is 36.4 Å². The summed E-state index contributed by atoms with van der Waals surface area (Å²) in [7, 11) is 0. The molecule has 5 rings (SSSR count). The van der Waals surface area contributed by atoms with E-state index < -0.39 is 11.8 Å². The maximum atomic E-state index is 13.2. The highest BCUT2D eigenvalue weighted by atomic mass is 16.3. The van der Waals surface area contributed by atoms with Gasteiger partial charge in [0, 0.05) is 36.0 Å². The van der Waals surface area contributed by atoms with Crippen molar-refractivity contribution in [1.82, 2.24) is 19.9 Å². The molecule has 30 heavy (non-hydrogen) atoms. The van der Waals surface area contributed by atoms with Gasteiger partial charge in [-0.15, -0.1) is 0 Å². The highest BCUT2D eigenvalue weighted by Gasteiger charge is 2.35. The van der Waals surface area contributed by atoms with Gasteiger partial charge in [-0.25, -0.2) is 4.79 Å². The number of rotatable bonds is 3. The second kappa shape index (κ2) is 7.35. The molecule has 0 radical (unpaired) electrons. The second-order valence-corrected chi connectivity index (χ2v) is 7.67. The average Bonchev–Trinajstić information content (AvgIpc) is 3.13. The summed E-state index contributed by atoms with van der Waals surface area (Å²) in [5.41, 5.74) is 2.14. The Bertz CT molecular complexity index is 1310. The fraction of sp³-hybridized carbons (Fsp3) is 0.217. The number of nitrogens with one attached hydrogen (secondary N) is 1. The van der Waals surface area contributed by atoms with E-state index in [1.807, 2.05) is 30.3 Å². The van der Waals surface area contributed by atoms with E-state index in [-0.39, 0.29) is 24.1 Å². The smallest absolute Gasteiger partial charge is 0.346 e. The van der Waals surface area contributed by atoms with Crippen LogP contribution < -0.4 is 5.69 Å². The van der Waals surface area contributed by atoms with E-state index in [4.69, 9.17) is 0 Å².